The van der Waals surface area contributed by atoms with Gasteiger partial charge in [0.15, 0.2) is 5.76 Å². The van der Waals surface area contributed by atoms with Crippen molar-refractivity contribution in [2.45, 2.75) is 20.0 Å². The molecule has 0 N–H and O–H groups in total. The summed E-state index contributed by atoms with van der Waals surface area (Å²) in [4.78, 5) is 11.7. The number of halogens is 3. The molecule has 0 spiro atoms. The van der Waals surface area contributed by atoms with E-state index in [2.05, 4.69) is 0 Å². The Morgan fingerprint density at radius 3 is 2.15 bits per heavy atom. The Kier molecular flexibility index (Phi) is 3.70. The zero-order valence-electron chi connectivity index (χ0n) is 11.0. The van der Waals surface area contributed by atoms with Crippen LogP contribution in [0.5, 0.6) is 0 Å². The fraction of sp³-hybridized carbons (Fsp3) is 0.267. The third kappa shape index (κ3) is 2.92. The van der Waals surface area contributed by atoms with E-state index in [0.29, 0.717) is 11.3 Å². The standard InChI is InChI=1S/C15H13F3O2/c1-9(2)14(19)13-8-7-12(20-13)10-3-5-11(6-4-10)15(16,17)18/h3-9H,1-2H3. The van der Waals surface area contributed by atoms with Crippen LogP contribution >= 0.6 is 0 Å². The van der Waals surface area contributed by atoms with Crippen LogP contribution in [0, 0.1) is 5.92 Å². The number of hydrogen-bond donors (Lipinski definition) is 0. The first-order valence-electron chi connectivity index (χ1n) is 6.10. The number of benzene rings is 1. The Bertz CT molecular complexity index is 607. The maximum Gasteiger partial charge on any atom is 0.416 e. The first kappa shape index (κ1) is 14.4. The van der Waals surface area contributed by atoms with Crippen LogP contribution in [0.4, 0.5) is 13.2 Å². The topological polar surface area (TPSA) is 30.2 Å². The Hall–Kier alpha value is -2.04. The molecule has 0 saturated heterocycles. The zero-order chi connectivity index (χ0) is 14.9. The summed E-state index contributed by atoms with van der Waals surface area (Å²) in [5.41, 5.74) is -0.216. The van der Waals surface area contributed by atoms with E-state index in [1.54, 1.807) is 19.9 Å². The average Bonchev–Trinajstić information content (AvgIpc) is 2.86. The molecule has 0 aliphatic heterocycles. The predicted octanol–water partition coefficient (Wildman–Crippen LogP) is 4.80. The monoisotopic (exact) mass is 282 g/mol. The number of ketones is 1. The average molecular weight is 282 g/mol. The zero-order valence-corrected chi connectivity index (χ0v) is 11.0. The first-order valence-corrected chi connectivity index (χ1v) is 6.10. The summed E-state index contributed by atoms with van der Waals surface area (Å²) in [6, 6.07) is 7.74. The van der Waals surface area contributed by atoms with Crippen molar-refractivity contribution in [3.63, 3.8) is 0 Å². The molecular formula is C15H13F3O2. The molecule has 2 nitrogen and oxygen atoms in total. The Balaban J connectivity index is 2.27. The molecular weight excluding hydrogens is 269 g/mol. The highest BCUT2D eigenvalue weighted by atomic mass is 19.4. The van der Waals surface area contributed by atoms with Gasteiger partial charge in [-0.05, 0) is 24.3 Å². The fourth-order valence-electron chi connectivity index (χ4n) is 1.73. The second-order valence-electron chi connectivity index (χ2n) is 4.76. The third-order valence-corrected chi connectivity index (χ3v) is 2.87. The molecule has 0 unspecified atom stereocenters. The van der Waals surface area contributed by atoms with Gasteiger partial charge in [0.05, 0.1) is 5.56 Å². The van der Waals surface area contributed by atoms with Gasteiger partial charge in [-0.3, -0.25) is 4.79 Å². The highest BCUT2D eigenvalue weighted by molar-refractivity contribution is 5.95. The number of carbonyl (C=O) groups is 1. The fourth-order valence-corrected chi connectivity index (χ4v) is 1.73. The maximum atomic E-state index is 12.5. The van der Waals surface area contributed by atoms with E-state index in [1.165, 1.54) is 18.2 Å². The minimum Gasteiger partial charge on any atom is -0.453 e. The van der Waals surface area contributed by atoms with Gasteiger partial charge in [-0.15, -0.1) is 0 Å². The lowest BCUT2D eigenvalue weighted by Crippen LogP contribution is -2.05. The van der Waals surface area contributed by atoms with Gasteiger partial charge in [-0.1, -0.05) is 26.0 Å². The molecule has 0 atom stereocenters. The van der Waals surface area contributed by atoms with Crippen molar-refractivity contribution in [1.29, 1.82) is 0 Å². The van der Waals surface area contributed by atoms with Crippen LogP contribution in [-0.2, 0) is 6.18 Å². The molecule has 2 aromatic rings. The molecule has 20 heavy (non-hydrogen) atoms. The summed E-state index contributed by atoms with van der Waals surface area (Å²) >= 11 is 0. The van der Waals surface area contributed by atoms with E-state index in [-0.39, 0.29) is 17.5 Å². The SMILES string of the molecule is CC(C)C(=O)c1ccc(-c2ccc(C(F)(F)F)cc2)o1. The summed E-state index contributed by atoms with van der Waals surface area (Å²) in [7, 11) is 0. The highest BCUT2D eigenvalue weighted by Crippen LogP contribution is 2.31. The van der Waals surface area contributed by atoms with E-state index < -0.39 is 11.7 Å². The van der Waals surface area contributed by atoms with E-state index in [0.717, 1.165) is 12.1 Å². The summed E-state index contributed by atoms with van der Waals surface area (Å²) in [5.74, 6) is 0.266. The summed E-state index contributed by atoms with van der Waals surface area (Å²) in [5, 5.41) is 0. The lowest BCUT2D eigenvalue weighted by Gasteiger charge is -2.06. The van der Waals surface area contributed by atoms with Gasteiger partial charge < -0.3 is 4.42 Å². The van der Waals surface area contributed by atoms with Crippen LogP contribution in [0.2, 0.25) is 0 Å². The van der Waals surface area contributed by atoms with Crippen LogP contribution in [0.15, 0.2) is 40.8 Å². The van der Waals surface area contributed by atoms with Gasteiger partial charge in [0.1, 0.15) is 5.76 Å². The van der Waals surface area contributed by atoms with E-state index in [4.69, 9.17) is 4.42 Å². The van der Waals surface area contributed by atoms with Gasteiger partial charge in [-0.2, -0.15) is 13.2 Å². The van der Waals surface area contributed by atoms with Gasteiger partial charge in [0, 0.05) is 11.5 Å². The van der Waals surface area contributed by atoms with Crippen LogP contribution in [0.1, 0.15) is 30.0 Å². The van der Waals surface area contributed by atoms with E-state index in [9.17, 15) is 18.0 Å². The van der Waals surface area contributed by atoms with Crippen LogP contribution < -0.4 is 0 Å². The first-order chi connectivity index (χ1) is 9.29. The number of furan rings is 1. The van der Waals surface area contributed by atoms with Crippen molar-refractivity contribution in [2.75, 3.05) is 0 Å². The minimum absolute atomic E-state index is 0.136. The lowest BCUT2D eigenvalue weighted by molar-refractivity contribution is -0.137. The van der Waals surface area contributed by atoms with Crippen LogP contribution in [0.3, 0.4) is 0 Å². The summed E-state index contributed by atoms with van der Waals surface area (Å²) in [6.45, 7) is 3.51. The van der Waals surface area contributed by atoms with Gasteiger partial charge in [-0.25, -0.2) is 0 Å². The molecule has 2 rings (SSSR count). The largest absolute Gasteiger partial charge is 0.453 e. The molecule has 0 aliphatic carbocycles. The minimum atomic E-state index is -4.36. The highest BCUT2D eigenvalue weighted by Gasteiger charge is 2.30. The second kappa shape index (κ2) is 5.15. The Morgan fingerprint density at radius 2 is 1.65 bits per heavy atom. The molecule has 1 aromatic heterocycles. The Labute approximate surface area is 114 Å². The number of alkyl halides is 3. The molecule has 1 aromatic carbocycles. The summed E-state index contributed by atoms with van der Waals surface area (Å²) < 4.78 is 42.7. The summed E-state index contributed by atoms with van der Waals surface area (Å²) in [6.07, 6.45) is -4.36. The van der Waals surface area contributed by atoms with Crippen molar-refractivity contribution in [3.8, 4) is 11.3 Å². The van der Waals surface area contributed by atoms with Crippen LogP contribution in [0.25, 0.3) is 11.3 Å². The van der Waals surface area contributed by atoms with Gasteiger partial charge in [0.2, 0.25) is 5.78 Å². The van der Waals surface area contributed by atoms with Gasteiger partial charge >= 0.3 is 6.18 Å². The molecule has 0 fully saturated rings. The molecule has 0 amide bonds. The van der Waals surface area contributed by atoms with E-state index in [1.807, 2.05) is 0 Å². The predicted molar refractivity (Wildman–Crippen MR) is 68.3 cm³/mol. The Morgan fingerprint density at radius 1 is 1.05 bits per heavy atom. The molecule has 0 aliphatic rings. The molecule has 5 heteroatoms. The number of Topliss-reactive ketones (excluding diaryl/α,β-unsaturated/α-hetero) is 1. The number of rotatable bonds is 3. The van der Waals surface area contributed by atoms with Crippen molar-refractivity contribution in [3.05, 3.63) is 47.7 Å². The van der Waals surface area contributed by atoms with Crippen molar-refractivity contribution < 1.29 is 22.4 Å². The molecule has 1 heterocycles. The maximum absolute atomic E-state index is 12.5. The third-order valence-electron chi connectivity index (χ3n) is 2.87. The molecule has 0 bridgehead atoms. The molecule has 106 valence electrons. The number of hydrogen-bond acceptors (Lipinski definition) is 2. The van der Waals surface area contributed by atoms with E-state index >= 15 is 0 Å². The van der Waals surface area contributed by atoms with Crippen LogP contribution in [-0.4, -0.2) is 5.78 Å². The second-order valence-corrected chi connectivity index (χ2v) is 4.76. The molecule has 0 saturated carbocycles. The van der Waals surface area contributed by atoms with Gasteiger partial charge in [0.25, 0.3) is 0 Å². The smallest absolute Gasteiger partial charge is 0.416 e. The van der Waals surface area contributed by atoms with Crippen molar-refractivity contribution in [1.82, 2.24) is 0 Å². The molecule has 0 radical (unpaired) electrons. The van der Waals surface area contributed by atoms with Crippen molar-refractivity contribution in [2.24, 2.45) is 5.92 Å². The quantitative estimate of drug-likeness (QED) is 0.757. The van der Waals surface area contributed by atoms with Crippen molar-refractivity contribution >= 4 is 5.78 Å². The normalized spacial score (nSPS) is 11.9. The number of carbonyl (C=O) groups excluding carboxylic acids is 1. The lowest BCUT2D eigenvalue weighted by atomic mass is 10.1.